The molecule has 0 saturated heterocycles. The lowest BCUT2D eigenvalue weighted by molar-refractivity contribution is 0.326. The Morgan fingerprint density at radius 1 is 1.41 bits per heavy atom. The fraction of sp³-hybridized carbons (Fsp3) is 0.300. The predicted molar refractivity (Wildman–Crippen MR) is 68.6 cm³/mol. The minimum Gasteiger partial charge on any atom is -0.476 e. The van der Waals surface area contributed by atoms with Crippen LogP contribution < -0.4 is 10.5 Å². The first kappa shape index (κ1) is 12.1. The lowest BCUT2D eigenvalue weighted by atomic mass is 10.4. The van der Waals surface area contributed by atoms with Crippen molar-refractivity contribution in [2.75, 3.05) is 12.3 Å². The zero-order chi connectivity index (χ0) is 12.3. The average molecular weight is 268 g/mol. The molecule has 2 heterocycles. The highest BCUT2D eigenvalue weighted by atomic mass is 32.2. The van der Waals surface area contributed by atoms with Crippen LogP contribution >= 0.6 is 23.3 Å². The molecule has 17 heavy (non-hydrogen) atoms. The van der Waals surface area contributed by atoms with Crippen molar-refractivity contribution < 1.29 is 4.74 Å². The molecule has 0 atom stereocenters. The monoisotopic (exact) mass is 268 g/mol. The zero-order valence-corrected chi connectivity index (χ0v) is 11.1. The quantitative estimate of drug-likeness (QED) is 0.917. The summed E-state index contributed by atoms with van der Waals surface area (Å²) < 4.78 is 10.3. The molecule has 0 aromatic carbocycles. The Morgan fingerprint density at radius 2 is 2.24 bits per heavy atom. The highest BCUT2D eigenvalue weighted by molar-refractivity contribution is 8.00. The molecular formula is C10H12N4OS2. The summed E-state index contributed by atoms with van der Waals surface area (Å²) in [6, 6.07) is 3.63. The van der Waals surface area contributed by atoms with Gasteiger partial charge in [0.05, 0.1) is 12.3 Å². The van der Waals surface area contributed by atoms with E-state index in [1.165, 1.54) is 23.3 Å². The van der Waals surface area contributed by atoms with E-state index in [0.717, 1.165) is 15.2 Å². The molecule has 0 fully saturated rings. The molecule has 90 valence electrons. The number of ether oxygens (including phenoxy) is 1. The van der Waals surface area contributed by atoms with Crippen molar-refractivity contribution >= 4 is 29.0 Å². The van der Waals surface area contributed by atoms with Crippen LogP contribution in [-0.4, -0.2) is 20.9 Å². The Hall–Kier alpha value is -1.34. The SMILES string of the molecule is CCOc1nc(Sc2nc(C)ns2)ccc1N. The Balaban J connectivity index is 2.18. The summed E-state index contributed by atoms with van der Waals surface area (Å²) in [5.41, 5.74) is 6.30. The number of rotatable bonds is 4. The summed E-state index contributed by atoms with van der Waals surface area (Å²) in [6.07, 6.45) is 0. The number of aromatic nitrogens is 3. The summed E-state index contributed by atoms with van der Waals surface area (Å²) >= 11 is 2.81. The van der Waals surface area contributed by atoms with Gasteiger partial charge in [-0.05, 0) is 49.3 Å². The van der Waals surface area contributed by atoms with Crippen LogP contribution in [0.25, 0.3) is 0 Å². The zero-order valence-electron chi connectivity index (χ0n) is 9.51. The van der Waals surface area contributed by atoms with E-state index < -0.39 is 0 Å². The molecule has 0 aliphatic heterocycles. The van der Waals surface area contributed by atoms with Gasteiger partial charge in [-0.25, -0.2) is 9.97 Å². The summed E-state index contributed by atoms with van der Waals surface area (Å²) in [7, 11) is 0. The Kier molecular flexibility index (Phi) is 3.80. The summed E-state index contributed by atoms with van der Waals surface area (Å²) in [5.74, 6) is 1.25. The Labute approximate surface area is 108 Å². The van der Waals surface area contributed by atoms with Gasteiger partial charge >= 0.3 is 0 Å². The van der Waals surface area contributed by atoms with E-state index in [0.29, 0.717) is 18.2 Å². The number of nitrogens with two attached hydrogens (primary N) is 1. The number of hydrogen-bond acceptors (Lipinski definition) is 7. The van der Waals surface area contributed by atoms with Gasteiger partial charge in [-0.2, -0.15) is 4.37 Å². The molecule has 0 aliphatic rings. The third kappa shape index (κ3) is 3.07. The van der Waals surface area contributed by atoms with E-state index in [1.54, 1.807) is 6.07 Å². The molecular weight excluding hydrogens is 256 g/mol. The second kappa shape index (κ2) is 5.33. The Bertz CT molecular complexity index is 515. The minimum absolute atomic E-state index is 0.471. The van der Waals surface area contributed by atoms with Crippen molar-refractivity contribution in [1.29, 1.82) is 0 Å². The predicted octanol–water partition coefficient (Wildman–Crippen LogP) is 2.37. The maximum atomic E-state index is 5.75. The smallest absolute Gasteiger partial charge is 0.238 e. The molecule has 0 unspecified atom stereocenters. The summed E-state index contributed by atoms with van der Waals surface area (Å²) in [6.45, 7) is 4.31. The third-order valence-electron chi connectivity index (χ3n) is 1.85. The van der Waals surface area contributed by atoms with Crippen LogP contribution in [0.1, 0.15) is 12.7 Å². The highest BCUT2D eigenvalue weighted by Gasteiger charge is 2.08. The number of nitrogens with zero attached hydrogens (tertiary/aromatic N) is 3. The number of hydrogen-bond donors (Lipinski definition) is 1. The van der Waals surface area contributed by atoms with Crippen LogP contribution in [0.3, 0.4) is 0 Å². The van der Waals surface area contributed by atoms with Crippen LogP contribution in [0.4, 0.5) is 5.69 Å². The van der Waals surface area contributed by atoms with Gasteiger partial charge in [0, 0.05) is 0 Å². The molecule has 2 rings (SSSR count). The molecule has 0 radical (unpaired) electrons. The van der Waals surface area contributed by atoms with Gasteiger partial charge in [-0.1, -0.05) is 0 Å². The van der Waals surface area contributed by atoms with E-state index in [9.17, 15) is 0 Å². The van der Waals surface area contributed by atoms with Gasteiger partial charge in [-0.3, -0.25) is 0 Å². The number of anilines is 1. The van der Waals surface area contributed by atoms with Gasteiger partial charge in [0.15, 0.2) is 4.34 Å². The van der Waals surface area contributed by atoms with Crippen molar-refractivity contribution in [2.45, 2.75) is 23.2 Å². The fourth-order valence-corrected chi connectivity index (χ4v) is 2.71. The lowest BCUT2D eigenvalue weighted by Crippen LogP contribution is -1.99. The average Bonchev–Trinajstić information content (AvgIpc) is 2.69. The van der Waals surface area contributed by atoms with E-state index in [2.05, 4.69) is 14.3 Å². The van der Waals surface area contributed by atoms with Crippen molar-refractivity contribution in [2.24, 2.45) is 0 Å². The molecule has 0 amide bonds. The van der Waals surface area contributed by atoms with Crippen LogP contribution in [0.2, 0.25) is 0 Å². The van der Waals surface area contributed by atoms with Crippen LogP contribution in [0.5, 0.6) is 5.88 Å². The first-order valence-electron chi connectivity index (χ1n) is 5.06. The van der Waals surface area contributed by atoms with Crippen molar-refractivity contribution in [3.63, 3.8) is 0 Å². The summed E-state index contributed by atoms with van der Waals surface area (Å²) in [4.78, 5) is 8.58. The number of pyridine rings is 1. The van der Waals surface area contributed by atoms with Gasteiger partial charge in [0.25, 0.3) is 0 Å². The molecule has 5 nitrogen and oxygen atoms in total. The topological polar surface area (TPSA) is 73.9 Å². The van der Waals surface area contributed by atoms with E-state index in [4.69, 9.17) is 10.5 Å². The van der Waals surface area contributed by atoms with Crippen LogP contribution in [-0.2, 0) is 0 Å². The second-order valence-corrected chi connectivity index (χ2v) is 5.21. The maximum Gasteiger partial charge on any atom is 0.238 e. The van der Waals surface area contributed by atoms with E-state index >= 15 is 0 Å². The van der Waals surface area contributed by atoms with Gasteiger partial charge in [0.2, 0.25) is 5.88 Å². The molecule has 2 aromatic rings. The second-order valence-electron chi connectivity index (χ2n) is 3.19. The molecule has 0 saturated carbocycles. The highest BCUT2D eigenvalue weighted by Crippen LogP contribution is 2.30. The standard InChI is InChI=1S/C10H12N4OS2/c1-3-15-9-7(11)4-5-8(13-9)16-10-12-6(2)14-17-10/h4-5H,3,11H2,1-2H3. The molecule has 0 bridgehead atoms. The van der Waals surface area contributed by atoms with Gasteiger partial charge in [0.1, 0.15) is 10.9 Å². The first-order valence-corrected chi connectivity index (χ1v) is 6.65. The number of aryl methyl sites for hydroxylation is 1. The number of nitrogen functional groups attached to an aromatic ring is 1. The molecule has 0 aliphatic carbocycles. The molecule has 0 spiro atoms. The van der Waals surface area contributed by atoms with E-state index in [-0.39, 0.29) is 0 Å². The normalized spacial score (nSPS) is 10.5. The maximum absolute atomic E-state index is 5.75. The Morgan fingerprint density at radius 3 is 2.88 bits per heavy atom. The van der Waals surface area contributed by atoms with Gasteiger partial charge < -0.3 is 10.5 Å². The largest absolute Gasteiger partial charge is 0.476 e. The van der Waals surface area contributed by atoms with Crippen LogP contribution in [0, 0.1) is 6.92 Å². The van der Waals surface area contributed by atoms with Crippen molar-refractivity contribution in [1.82, 2.24) is 14.3 Å². The summed E-state index contributed by atoms with van der Waals surface area (Å²) in [5, 5.41) is 0.804. The molecule has 7 heteroatoms. The molecule has 2 N–H and O–H groups in total. The fourth-order valence-electron chi connectivity index (χ4n) is 1.15. The van der Waals surface area contributed by atoms with Crippen molar-refractivity contribution in [3.05, 3.63) is 18.0 Å². The minimum atomic E-state index is 0.471. The lowest BCUT2D eigenvalue weighted by Gasteiger charge is -2.06. The molecule has 2 aromatic heterocycles. The van der Waals surface area contributed by atoms with E-state index in [1.807, 2.05) is 19.9 Å². The first-order chi connectivity index (χ1) is 8.19. The van der Waals surface area contributed by atoms with Crippen LogP contribution in [0.15, 0.2) is 21.5 Å². The van der Waals surface area contributed by atoms with Crippen molar-refractivity contribution in [3.8, 4) is 5.88 Å². The third-order valence-corrected chi connectivity index (χ3v) is 3.63. The van der Waals surface area contributed by atoms with Gasteiger partial charge in [-0.15, -0.1) is 0 Å².